The van der Waals surface area contributed by atoms with Gasteiger partial charge >= 0.3 is 0 Å². The molecule has 1 aromatic heterocycles. The van der Waals surface area contributed by atoms with Crippen LogP contribution in [0.5, 0.6) is 11.5 Å². The van der Waals surface area contributed by atoms with Gasteiger partial charge in [-0.2, -0.15) is 0 Å². The van der Waals surface area contributed by atoms with Gasteiger partial charge in [0.25, 0.3) is 5.91 Å². The molecule has 6 heteroatoms. The molecule has 0 saturated carbocycles. The van der Waals surface area contributed by atoms with Crippen molar-refractivity contribution in [3.8, 4) is 11.5 Å². The number of aliphatic hydroxyl groups excluding tert-OH is 1. The Labute approximate surface area is 128 Å². The molecule has 1 aromatic carbocycles. The summed E-state index contributed by atoms with van der Waals surface area (Å²) in [6, 6.07) is 6.82. The Kier molecular flexibility index (Phi) is 5.43. The van der Waals surface area contributed by atoms with E-state index in [1.54, 1.807) is 24.3 Å². The van der Waals surface area contributed by atoms with Gasteiger partial charge in [-0.15, -0.1) is 0 Å². The van der Waals surface area contributed by atoms with E-state index in [0.29, 0.717) is 35.6 Å². The lowest BCUT2D eigenvalue weighted by Crippen LogP contribution is -2.26. The molecule has 1 unspecified atom stereocenters. The van der Waals surface area contributed by atoms with Gasteiger partial charge in [0.1, 0.15) is 17.1 Å². The van der Waals surface area contributed by atoms with E-state index in [1.165, 1.54) is 26.7 Å². The molecular weight excluding hydrogens is 286 g/mol. The summed E-state index contributed by atoms with van der Waals surface area (Å²) in [5.41, 5.74) is 1.02. The Balaban J connectivity index is 1.98. The Morgan fingerprint density at radius 2 is 1.95 bits per heavy atom. The van der Waals surface area contributed by atoms with E-state index < -0.39 is 6.10 Å². The summed E-state index contributed by atoms with van der Waals surface area (Å²) < 4.78 is 15.3. The molecule has 0 saturated heterocycles. The molecule has 0 radical (unpaired) electrons. The Bertz CT molecular complexity index is 587. The lowest BCUT2D eigenvalue weighted by molar-refractivity contribution is 0.0936. The van der Waals surface area contributed by atoms with Crippen molar-refractivity contribution in [2.45, 2.75) is 12.5 Å². The van der Waals surface area contributed by atoms with Crippen LogP contribution in [0.15, 0.2) is 41.2 Å². The molecule has 0 spiro atoms. The highest BCUT2D eigenvalue weighted by molar-refractivity contribution is 5.99. The van der Waals surface area contributed by atoms with Gasteiger partial charge in [-0.3, -0.25) is 4.79 Å². The van der Waals surface area contributed by atoms with Crippen LogP contribution in [0, 0.1) is 0 Å². The van der Waals surface area contributed by atoms with Crippen LogP contribution < -0.4 is 14.8 Å². The summed E-state index contributed by atoms with van der Waals surface area (Å²) in [5.74, 6) is 0.563. The second-order valence-corrected chi connectivity index (χ2v) is 4.65. The van der Waals surface area contributed by atoms with E-state index >= 15 is 0 Å². The van der Waals surface area contributed by atoms with Gasteiger partial charge in [0.05, 0.1) is 32.8 Å². The fourth-order valence-electron chi connectivity index (χ4n) is 2.12. The average Bonchev–Trinajstić information content (AvgIpc) is 3.08. The monoisotopic (exact) mass is 305 g/mol. The maximum absolute atomic E-state index is 12.3. The SMILES string of the molecule is COc1cccc(OC)c1C(=O)NCCC(O)c1ccoc1. The van der Waals surface area contributed by atoms with E-state index in [0.717, 1.165) is 0 Å². The van der Waals surface area contributed by atoms with Crippen LogP contribution in [-0.2, 0) is 0 Å². The Morgan fingerprint density at radius 1 is 1.27 bits per heavy atom. The number of methoxy groups -OCH3 is 2. The molecule has 22 heavy (non-hydrogen) atoms. The summed E-state index contributed by atoms with van der Waals surface area (Å²) in [5, 5.41) is 12.7. The maximum atomic E-state index is 12.3. The first-order valence-corrected chi connectivity index (χ1v) is 6.86. The third kappa shape index (κ3) is 3.59. The number of ether oxygens (including phenoxy) is 2. The summed E-state index contributed by atoms with van der Waals surface area (Å²) in [4.78, 5) is 12.3. The minimum absolute atomic E-state index is 0.311. The standard InChI is InChI=1S/C16H19NO5/c1-20-13-4-3-5-14(21-2)15(13)16(19)17-8-6-12(18)11-7-9-22-10-11/h3-5,7,9-10,12,18H,6,8H2,1-2H3,(H,17,19). The minimum atomic E-state index is -0.682. The molecule has 1 amide bonds. The number of hydrogen-bond donors (Lipinski definition) is 2. The second-order valence-electron chi connectivity index (χ2n) is 4.65. The van der Waals surface area contributed by atoms with E-state index in [-0.39, 0.29) is 5.91 Å². The van der Waals surface area contributed by atoms with Crippen LogP contribution in [0.3, 0.4) is 0 Å². The quantitative estimate of drug-likeness (QED) is 0.819. The first-order valence-electron chi connectivity index (χ1n) is 6.86. The molecule has 118 valence electrons. The van der Waals surface area contributed by atoms with Gasteiger partial charge in [0.2, 0.25) is 0 Å². The van der Waals surface area contributed by atoms with Crippen molar-refractivity contribution < 1.29 is 23.8 Å². The summed E-state index contributed by atoms with van der Waals surface area (Å²) in [6.45, 7) is 0.312. The summed E-state index contributed by atoms with van der Waals surface area (Å²) in [6.07, 6.45) is 2.67. The van der Waals surface area contributed by atoms with Crippen LogP contribution in [0.4, 0.5) is 0 Å². The number of furan rings is 1. The van der Waals surface area contributed by atoms with Gasteiger partial charge < -0.3 is 24.3 Å². The molecule has 0 fully saturated rings. The molecule has 1 atom stereocenters. The van der Waals surface area contributed by atoms with Crippen LogP contribution in [0.25, 0.3) is 0 Å². The Morgan fingerprint density at radius 3 is 2.50 bits per heavy atom. The van der Waals surface area contributed by atoms with Crippen molar-refractivity contribution in [1.29, 1.82) is 0 Å². The summed E-state index contributed by atoms with van der Waals surface area (Å²) >= 11 is 0. The first-order chi connectivity index (χ1) is 10.7. The van der Waals surface area contributed by atoms with Crippen molar-refractivity contribution in [1.82, 2.24) is 5.32 Å². The molecule has 0 aliphatic heterocycles. The highest BCUT2D eigenvalue weighted by Crippen LogP contribution is 2.28. The van der Waals surface area contributed by atoms with Gasteiger partial charge in [-0.1, -0.05) is 6.07 Å². The van der Waals surface area contributed by atoms with Crippen molar-refractivity contribution >= 4 is 5.91 Å². The number of amides is 1. The summed E-state index contributed by atoms with van der Waals surface area (Å²) in [7, 11) is 2.99. The largest absolute Gasteiger partial charge is 0.496 e. The van der Waals surface area contributed by atoms with Crippen LogP contribution in [-0.4, -0.2) is 31.8 Å². The zero-order valence-electron chi connectivity index (χ0n) is 12.5. The third-order valence-electron chi connectivity index (χ3n) is 3.29. The van der Waals surface area contributed by atoms with E-state index in [1.807, 2.05) is 0 Å². The smallest absolute Gasteiger partial charge is 0.258 e. The number of benzene rings is 1. The first kappa shape index (κ1) is 15.9. The molecule has 2 rings (SSSR count). The van der Waals surface area contributed by atoms with E-state index in [2.05, 4.69) is 5.32 Å². The van der Waals surface area contributed by atoms with E-state index in [9.17, 15) is 9.90 Å². The molecule has 0 aliphatic rings. The molecule has 0 bridgehead atoms. The molecule has 2 N–H and O–H groups in total. The van der Waals surface area contributed by atoms with Gasteiger partial charge in [0, 0.05) is 12.1 Å². The van der Waals surface area contributed by atoms with E-state index in [4.69, 9.17) is 13.9 Å². The van der Waals surface area contributed by atoms with Crippen LogP contribution in [0.2, 0.25) is 0 Å². The lowest BCUT2D eigenvalue weighted by atomic mass is 10.1. The van der Waals surface area contributed by atoms with Crippen molar-refractivity contribution in [3.05, 3.63) is 47.9 Å². The third-order valence-corrected chi connectivity index (χ3v) is 3.29. The number of carbonyl (C=O) groups excluding carboxylic acids is 1. The van der Waals surface area contributed by atoms with Crippen molar-refractivity contribution in [3.63, 3.8) is 0 Å². The fourth-order valence-corrected chi connectivity index (χ4v) is 2.12. The zero-order chi connectivity index (χ0) is 15.9. The predicted octanol–water partition coefficient (Wildman–Crippen LogP) is 2.15. The topological polar surface area (TPSA) is 80.9 Å². The molecule has 2 aromatic rings. The Hall–Kier alpha value is -2.47. The minimum Gasteiger partial charge on any atom is -0.496 e. The van der Waals surface area contributed by atoms with Crippen LogP contribution in [0.1, 0.15) is 28.4 Å². The average molecular weight is 305 g/mol. The number of nitrogens with one attached hydrogen (secondary N) is 1. The zero-order valence-corrected chi connectivity index (χ0v) is 12.5. The number of aliphatic hydroxyl groups is 1. The van der Waals surface area contributed by atoms with Gasteiger partial charge in [-0.25, -0.2) is 0 Å². The molecular formula is C16H19NO5. The highest BCUT2D eigenvalue weighted by Gasteiger charge is 2.18. The molecule has 1 heterocycles. The number of carbonyl (C=O) groups is 1. The highest BCUT2D eigenvalue weighted by atomic mass is 16.5. The number of hydrogen-bond acceptors (Lipinski definition) is 5. The molecule has 6 nitrogen and oxygen atoms in total. The van der Waals surface area contributed by atoms with Crippen molar-refractivity contribution in [2.24, 2.45) is 0 Å². The lowest BCUT2D eigenvalue weighted by Gasteiger charge is -2.14. The van der Waals surface area contributed by atoms with Crippen molar-refractivity contribution in [2.75, 3.05) is 20.8 Å². The number of rotatable bonds is 7. The second kappa shape index (κ2) is 7.51. The maximum Gasteiger partial charge on any atom is 0.258 e. The normalized spacial score (nSPS) is 11.8. The fraction of sp³-hybridized carbons (Fsp3) is 0.312. The predicted molar refractivity (Wildman–Crippen MR) is 80.2 cm³/mol. The molecule has 0 aliphatic carbocycles. The van der Waals surface area contributed by atoms with Crippen LogP contribution >= 0.6 is 0 Å². The van der Waals surface area contributed by atoms with Gasteiger partial charge in [-0.05, 0) is 24.6 Å². The van der Waals surface area contributed by atoms with Gasteiger partial charge in [0.15, 0.2) is 0 Å².